The van der Waals surface area contributed by atoms with Crippen LogP contribution in [0.25, 0.3) is 11.1 Å². The number of nitrogens with zero attached hydrogens (tertiary/aromatic N) is 3. The van der Waals surface area contributed by atoms with Gasteiger partial charge in [0.15, 0.2) is 11.5 Å². The van der Waals surface area contributed by atoms with Crippen LogP contribution in [0, 0.1) is 5.92 Å². The third-order valence-electron chi connectivity index (χ3n) is 7.15. The van der Waals surface area contributed by atoms with Crippen molar-refractivity contribution in [2.45, 2.75) is 43.9 Å². The van der Waals surface area contributed by atoms with Crippen LogP contribution in [0.2, 0.25) is 0 Å². The fraction of sp³-hybridized carbons (Fsp3) is 0.385. The first-order valence-corrected chi connectivity index (χ1v) is 12.7. The predicted molar refractivity (Wildman–Crippen MR) is 135 cm³/mol. The molecule has 1 aromatic carbocycles. The molecule has 2 amide bonds. The smallest absolute Gasteiger partial charge is 0.403 e. The molecule has 4 N–H and O–H groups in total. The lowest BCUT2D eigenvalue weighted by molar-refractivity contribution is -0.274. The lowest BCUT2D eigenvalue weighted by atomic mass is 9.85. The Morgan fingerprint density at radius 1 is 1.12 bits per heavy atom. The third-order valence-corrected chi connectivity index (χ3v) is 7.15. The van der Waals surface area contributed by atoms with Crippen molar-refractivity contribution in [1.82, 2.24) is 14.8 Å². The van der Waals surface area contributed by atoms with Gasteiger partial charge in [0.05, 0.1) is 36.3 Å². The topological polar surface area (TPSA) is 143 Å². The van der Waals surface area contributed by atoms with E-state index in [1.165, 1.54) is 30.5 Å². The molecule has 3 fully saturated rings. The number of hydrogen-bond acceptors (Lipinski definition) is 8. The molecule has 2 aromatic heterocycles. The van der Waals surface area contributed by atoms with Crippen molar-refractivity contribution in [3.05, 3.63) is 48.4 Å². The molecule has 40 heavy (non-hydrogen) atoms. The largest absolute Gasteiger partial charge is 0.573 e. The number of amides is 2. The minimum atomic E-state index is -5.03. The Morgan fingerprint density at radius 2 is 1.90 bits per heavy atom. The highest BCUT2D eigenvalue weighted by atomic mass is 19.4. The van der Waals surface area contributed by atoms with E-state index in [0.29, 0.717) is 25.2 Å². The number of rotatable bonds is 8. The zero-order chi connectivity index (χ0) is 28.1. The van der Waals surface area contributed by atoms with Crippen molar-refractivity contribution in [2.75, 3.05) is 23.8 Å². The average molecular weight is 559 g/mol. The van der Waals surface area contributed by atoms with E-state index < -0.39 is 23.8 Å². The summed E-state index contributed by atoms with van der Waals surface area (Å²) in [5.74, 6) is -2.39. The number of hydrogen-bond donors (Lipinski definition) is 3. The standard InChI is InChI=1S/C26H25F3N6O5/c27-26(28,29)40-22-16(15-11-32-35(13-15)20-6-7-25(20)38-8-9-39-25)2-1-3-18(22)33-19-10-21(31-12-17(19)23(30)36)34-24(37)14-4-5-14/h1-3,10-14,20H,4-9H2,(H2,30,36)(H2,31,33,34,37)/t20-/m0/s1. The van der Waals surface area contributed by atoms with Crippen molar-refractivity contribution in [3.63, 3.8) is 0 Å². The SMILES string of the molecule is NC(=O)c1cnc(NC(=O)C2CC2)cc1Nc1cccc(-c2cnn([C@H]3CCC34OCCO4)c2)c1OC(F)(F)F. The molecule has 3 aliphatic rings. The number of nitrogens with one attached hydrogen (secondary N) is 2. The number of pyridine rings is 1. The summed E-state index contributed by atoms with van der Waals surface area (Å²) in [5.41, 5.74) is 5.81. The Morgan fingerprint density at radius 3 is 2.55 bits per heavy atom. The molecule has 11 nitrogen and oxygen atoms in total. The van der Waals surface area contributed by atoms with Crippen LogP contribution in [0.1, 0.15) is 42.1 Å². The molecule has 3 heterocycles. The maximum absolute atomic E-state index is 13.6. The van der Waals surface area contributed by atoms with Gasteiger partial charge in [-0.05, 0) is 25.3 Å². The summed E-state index contributed by atoms with van der Waals surface area (Å²) in [6.07, 6.45) is 2.15. The molecule has 6 rings (SSSR count). The highest BCUT2D eigenvalue weighted by Crippen LogP contribution is 2.49. The number of primary amides is 1. The summed E-state index contributed by atoms with van der Waals surface area (Å²) in [5, 5.41) is 9.84. The molecule has 2 saturated carbocycles. The van der Waals surface area contributed by atoms with Gasteiger partial charge in [-0.2, -0.15) is 5.10 Å². The van der Waals surface area contributed by atoms with Crippen LogP contribution < -0.4 is 21.1 Å². The summed E-state index contributed by atoms with van der Waals surface area (Å²) < 4.78 is 58.5. The number of carbonyl (C=O) groups excluding carboxylic acids is 2. The first-order valence-electron chi connectivity index (χ1n) is 12.7. The molecule has 2 aliphatic carbocycles. The Labute approximate surface area is 225 Å². The molecule has 1 aliphatic heterocycles. The van der Waals surface area contributed by atoms with Crippen LogP contribution in [0.3, 0.4) is 0 Å². The molecule has 0 bridgehead atoms. The summed E-state index contributed by atoms with van der Waals surface area (Å²) >= 11 is 0. The monoisotopic (exact) mass is 558 g/mol. The van der Waals surface area contributed by atoms with E-state index in [4.69, 9.17) is 15.2 Å². The highest BCUT2D eigenvalue weighted by molar-refractivity contribution is 6.01. The van der Waals surface area contributed by atoms with Crippen molar-refractivity contribution >= 4 is 29.0 Å². The van der Waals surface area contributed by atoms with Gasteiger partial charge in [0, 0.05) is 41.9 Å². The van der Waals surface area contributed by atoms with Crippen molar-refractivity contribution in [1.29, 1.82) is 0 Å². The second-order valence-electron chi connectivity index (χ2n) is 9.87. The van der Waals surface area contributed by atoms with Crippen LogP contribution in [0.15, 0.2) is 42.9 Å². The van der Waals surface area contributed by atoms with Crippen molar-refractivity contribution < 1.29 is 37.0 Å². The Hall–Kier alpha value is -4.17. The lowest BCUT2D eigenvalue weighted by Gasteiger charge is -2.44. The van der Waals surface area contributed by atoms with Crippen LogP contribution >= 0.6 is 0 Å². The van der Waals surface area contributed by atoms with Gasteiger partial charge in [-0.1, -0.05) is 12.1 Å². The molecule has 1 atom stereocenters. The van der Waals surface area contributed by atoms with Gasteiger partial charge < -0.3 is 30.6 Å². The molecule has 1 saturated heterocycles. The second kappa shape index (κ2) is 9.78. The summed E-state index contributed by atoms with van der Waals surface area (Å²) in [4.78, 5) is 28.3. The number of anilines is 3. The first kappa shape index (κ1) is 26.1. The molecule has 14 heteroatoms. The fourth-order valence-electron chi connectivity index (χ4n) is 4.93. The molecular formula is C26H25F3N6O5. The quantitative estimate of drug-likeness (QED) is 0.375. The van der Waals surface area contributed by atoms with Gasteiger partial charge >= 0.3 is 6.36 Å². The van der Waals surface area contributed by atoms with E-state index in [2.05, 4.69) is 25.5 Å². The number of alkyl halides is 3. The van der Waals surface area contributed by atoms with Crippen LogP contribution in [0.4, 0.5) is 30.4 Å². The Kier molecular flexibility index (Phi) is 6.38. The molecular weight excluding hydrogens is 533 g/mol. The van der Waals surface area contributed by atoms with E-state index >= 15 is 0 Å². The fourth-order valence-corrected chi connectivity index (χ4v) is 4.93. The van der Waals surface area contributed by atoms with Gasteiger partial charge in [0.1, 0.15) is 11.9 Å². The predicted octanol–water partition coefficient (Wildman–Crippen LogP) is 4.11. The molecule has 1 spiro atoms. The zero-order valence-electron chi connectivity index (χ0n) is 21.0. The van der Waals surface area contributed by atoms with Gasteiger partial charge in [0.25, 0.3) is 5.91 Å². The molecule has 210 valence electrons. The number of para-hydroxylation sites is 1. The molecule has 3 aromatic rings. The number of nitrogens with two attached hydrogens (primary N) is 1. The average Bonchev–Trinajstić information content (AvgIpc) is 3.41. The lowest BCUT2D eigenvalue weighted by Crippen LogP contribution is -2.49. The maximum Gasteiger partial charge on any atom is 0.573 e. The van der Waals surface area contributed by atoms with E-state index in [-0.39, 0.29) is 46.2 Å². The number of ether oxygens (including phenoxy) is 3. The second-order valence-corrected chi connectivity index (χ2v) is 9.87. The van der Waals surface area contributed by atoms with Gasteiger partial charge in [-0.15, -0.1) is 13.2 Å². The molecule has 0 radical (unpaired) electrons. The minimum Gasteiger partial charge on any atom is -0.403 e. The summed E-state index contributed by atoms with van der Waals surface area (Å²) in [6.45, 7) is 0.937. The van der Waals surface area contributed by atoms with E-state index in [1.807, 2.05) is 0 Å². The Bertz CT molecular complexity index is 1470. The summed E-state index contributed by atoms with van der Waals surface area (Å²) in [7, 11) is 0. The number of benzene rings is 1. The Balaban J connectivity index is 1.35. The van der Waals surface area contributed by atoms with E-state index in [1.54, 1.807) is 10.9 Å². The van der Waals surface area contributed by atoms with Gasteiger partial charge in [-0.25, -0.2) is 4.98 Å². The summed E-state index contributed by atoms with van der Waals surface area (Å²) in [6, 6.07) is 5.49. The number of halogens is 3. The first-order chi connectivity index (χ1) is 19.1. The van der Waals surface area contributed by atoms with E-state index in [9.17, 15) is 22.8 Å². The third kappa shape index (κ3) is 5.07. The van der Waals surface area contributed by atoms with Gasteiger partial charge in [0.2, 0.25) is 5.91 Å². The number of aromatic nitrogens is 3. The molecule has 0 unspecified atom stereocenters. The number of carbonyl (C=O) groups is 2. The maximum atomic E-state index is 13.6. The van der Waals surface area contributed by atoms with Gasteiger partial charge in [-0.3, -0.25) is 14.3 Å². The van der Waals surface area contributed by atoms with Crippen LogP contribution in [-0.2, 0) is 14.3 Å². The highest BCUT2D eigenvalue weighted by Gasteiger charge is 2.53. The van der Waals surface area contributed by atoms with Crippen molar-refractivity contribution in [2.24, 2.45) is 11.7 Å². The van der Waals surface area contributed by atoms with Crippen molar-refractivity contribution in [3.8, 4) is 16.9 Å². The van der Waals surface area contributed by atoms with Crippen LogP contribution in [0.5, 0.6) is 5.75 Å². The zero-order valence-corrected chi connectivity index (χ0v) is 21.0. The minimum absolute atomic E-state index is 0.0420. The van der Waals surface area contributed by atoms with Crippen LogP contribution in [-0.4, -0.2) is 51.9 Å². The van der Waals surface area contributed by atoms with E-state index in [0.717, 1.165) is 25.5 Å². The normalized spacial score (nSPS) is 19.7.